The molecule has 0 N–H and O–H groups in total. The molecule has 3 aromatic heterocycles. The SMILES string of the molecule is CCOC(=O)c1oc2ccccc2c1CSc1nnc2cc(C)c3ccc(OC)cc3n12. The van der Waals surface area contributed by atoms with Crippen molar-refractivity contribution in [1.82, 2.24) is 14.6 Å². The van der Waals surface area contributed by atoms with E-state index in [-0.39, 0.29) is 12.4 Å². The smallest absolute Gasteiger partial charge is 0.374 e. The summed E-state index contributed by atoms with van der Waals surface area (Å²) in [5, 5.41) is 11.5. The number of carbonyl (C=O) groups is 1. The number of nitrogens with zero attached hydrogens (tertiary/aromatic N) is 3. The Bertz CT molecular complexity index is 1470. The van der Waals surface area contributed by atoms with E-state index in [4.69, 9.17) is 13.9 Å². The Labute approximate surface area is 188 Å². The minimum atomic E-state index is -0.462. The van der Waals surface area contributed by atoms with E-state index in [1.807, 2.05) is 52.9 Å². The summed E-state index contributed by atoms with van der Waals surface area (Å²) in [6, 6.07) is 15.6. The Hall–Kier alpha value is -3.52. The molecule has 5 rings (SSSR count). The topological polar surface area (TPSA) is 78.9 Å². The van der Waals surface area contributed by atoms with Gasteiger partial charge in [0.2, 0.25) is 5.76 Å². The van der Waals surface area contributed by atoms with E-state index in [0.29, 0.717) is 11.3 Å². The normalized spacial score (nSPS) is 11.5. The summed E-state index contributed by atoms with van der Waals surface area (Å²) in [6.45, 7) is 4.11. The number of rotatable bonds is 6. The van der Waals surface area contributed by atoms with Crippen LogP contribution in [0.4, 0.5) is 0 Å². The van der Waals surface area contributed by atoms with Crippen molar-refractivity contribution < 1.29 is 18.7 Å². The van der Waals surface area contributed by atoms with E-state index in [9.17, 15) is 4.79 Å². The third-order valence-electron chi connectivity index (χ3n) is 5.38. The maximum absolute atomic E-state index is 12.5. The highest BCUT2D eigenvalue weighted by atomic mass is 32.2. The summed E-state index contributed by atoms with van der Waals surface area (Å²) in [5.74, 6) is 1.01. The van der Waals surface area contributed by atoms with Crippen LogP contribution in [-0.4, -0.2) is 34.3 Å². The van der Waals surface area contributed by atoms with Crippen LogP contribution in [0.2, 0.25) is 0 Å². The Balaban J connectivity index is 1.59. The van der Waals surface area contributed by atoms with Gasteiger partial charge in [0.15, 0.2) is 10.8 Å². The fourth-order valence-electron chi connectivity index (χ4n) is 3.86. The van der Waals surface area contributed by atoms with Crippen molar-refractivity contribution in [2.75, 3.05) is 13.7 Å². The third kappa shape index (κ3) is 3.36. The van der Waals surface area contributed by atoms with Crippen molar-refractivity contribution >= 4 is 45.3 Å². The van der Waals surface area contributed by atoms with Crippen LogP contribution in [-0.2, 0) is 10.5 Å². The first-order valence-electron chi connectivity index (χ1n) is 10.2. The molecular formula is C24H21N3O4S. The molecule has 0 aliphatic carbocycles. The minimum absolute atomic E-state index is 0.233. The van der Waals surface area contributed by atoms with Crippen molar-refractivity contribution in [1.29, 1.82) is 0 Å². The van der Waals surface area contributed by atoms with Gasteiger partial charge in [-0.05, 0) is 43.7 Å². The molecule has 0 spiro atoms. The number of esters is 1. The molecule has 162 valence electrons. The molecule has 8 heteroatoms. The summed E-state index contributed by atoms with van der Waals surface area (Å²) in [6.07, 6.45) is 0. The summed E-state index contributed by atoms with van der Waals surface area (Å²) in [5.41, 5.74) is 4.28. The lowest BCUT2D eigenvalue weighted by Crippen LogP contribution is -2.05. The molecule has 0 amide bonds. The second-order valence-corrected chi connectivity index (χ2v) is 8.24. The van der Waals surface area contributed by atoms with Crippen LogP contribution in [0.5, 0.6) is 5.75 Å². The zero-order valence-electron chi connectivity index (χ0n) is 17.9. The van der Waals surface area contributed by atoms with Crippen LogP contribution < -0.4 is 4.74 Å². The van der Waals surface area contributed by atoms with Gasteiger partial charge in [-0.2, -0.15) is 0 Å². The Morgan fingerprint density at radius 2 is 1.97 bits per heavy atom. The lowest BCUT2D eigenvalue weighted by Gasteiger charge is -2.09. The van der Waals surface area contributed by atoms with Gasteiger partial charge < -0.3 is 13.9 Å². The standard InChI is InChI=1S/C24H21N3O4S/c1-4-30-23(28)22-18(17-7-5-6-8-20(17)31-22)13-32-24-26-25-21-11-14(2)16-10-9-15(29-3)12-19(16)27(21)24/h5-12H,4,13H2,1-3H3. The molecule has 0 fully saturated rings. The number of fused-ring (bicyclic) bond motifs is 4. The molecule has 32 heavy (non-hydrogen) atoms. The van der Waals surface area contributed by atoms with E-state index < -0.39 is 5.97 Å². The predicted octanol–water partition coefficient (Wildman–Crippen LogP) is 5.41. The maximum Gasteiger partial charge on any atom is 0.374 e. The first-order valence-corrected chi connectivity index (χ1v) is 11.2. The third-order valence-corrected chi connectivity index (χ3v) is 6.33. The van der Waals surface area contributed by atoms with Crippen molar-refractivity contribution in [3.63, 3.8) is 0 Å². The quantitative estimate of drug-likeness (QED) is 0.254. The van der Waals surface area contributed by atoms with Gasteiger partial charge in [-0.15, -0.1) is 10.2 Å². The lowest BCUT2D eigenvalue weighted by molar-refractivity contribution is 0.0491. The van der Waals surface area contributed by atoms with E-state index >= 15 is 0 Å². The number of aromatic nitrogens is 3. The maximum atomic E-state index is 12.5. The molecule has 3 heterocycles. The number of carbonyl (C=O) groups excluding carboxylic acids is 1. The Morgan fingerprint density at radius 1 is 1.12 bits per heavy atom. The van der Waals surface area contributed by atoms with Gasteiger partial charge in [-0.3, -0.25) is 4.40 Å². The number of hydrogen-bond acceptors (Lipinski definition) is 7. The van der Waals surface area contributed by atoms with Crippen molar-refractivity contribution in [3.05, 3.63) is 65.4 Å². The van der Waals surface area contributed by atoms with Gasteiger partial charge in [0.1, 0.15) is 11.3 Å². The molecule has 0 aliphatic heterocycles. The second-order valence-electron chi connectivity index (χ2n) is 7.30. The molecule has 0 bridgehead atoms. The predicted molar refractivity (Wildman–Crippen MR) is 124 cm³/mol. The molecule has 2 aromatic carbocycles. The van der Waals surface area contributed by atoms with E-state index in [0.717, 1.165) is 44.0 Å². The highest BCUT2D eigenvalue weighted by molar-refractivity contribution is 7.98. The summed E-state index contributed by atoms with van der Waals surface area (Å²) in [7, 11) is 1.65. The molecule has 7 nitrogen and oxygen atoms in total. The molecule has 0 atom stereocenters. The van der Waals surface area contributed by atoms with Gasteiger partial charge in [0.25, 0.3) is 0 Å². The number of furan rings is 1. The average molecular weight is 448 g/mol. The van der Waals surface area contributed by atoms with Crippen molar-refractivity contribution in [3.8, 4) is 5.75 Å². The number of benzene rings is 2. The number of methoxy groups -OCH3 is 1. The lowest BCUT2D eigenvalue weighted by atomic mass is 10.1. The van der Waals surface area contributed by atoms with Gasteiger partial charge in [-0.1, -0.05) is 30.0 Å². The van der Waals surface area contributed by atoms with E-state index in [2.05, 4.69) is 17.1 Å². The fraction of sp³-hybridized carbons (Fsp3) is 0.208. The van der Waals surface area contributed by atoms with Gasteiger partial charge in [0, 0.05) is 28.2 Å². The first kappa shape index (κ1) is 20.4. The van der Waals surface area contributed by atoms with Crippen molar-refractivity contribution in [2.24, 2.45) is 0 Å². The Morgan fingerprint density at radius 3 is 2.78 bits per heavy atom. The highest BCUT2D eigenvalue weighted by Crippen LogP contribution is 2.34. The average Bonchev–Trinajstić information content (AvgIpc) is 3.39. The molecule has 5 aromatic rings. The van der Waals surface area contributed by atoms with Gasteiger partial charge >= 0.3 is 5.97 Å². The molecule has 0 radical (unpaired) electrons. The molecular weight excluding hydrogens is 426 g/mol. The number of hydrogen-bond donors (Lipinski definition) is 0. The highest BCUT2D eigenvalue weighted by Gasteiger charge is 2.22. The minimum Gasteiger partial charge on any atom is -0.497 e. The monoisotopic (exact) mass is 447 g/mol. The number of pyridine rings is 1. The summed E-state index contributed by atoms with van der Waals surface area (Å²) in [4.78, 5) is 12.5. The van der Waals surface area contributed by atoms with Crippen LogP contribution >= 0.6 is 11.8 Å². The van der Waals surface area contributed by atoms with E-state index in [1.54, 1.807) is 14.0 Å². The van der Waals surface area contributed by atoms with Crippen LogP contribution in [0.3, 0.4) is 0 Å². The molecule has 0 saturated carbocycles. The molecule has 0 unspecified atom stereocenters. The zero-order chi connectivity index (χ0) is 22.2. The molecule has 0 saturated heterocycles. The van der Waals surface area contributed by atoms with Crippen LogP contribution in [0, 0.1) is 6.92 Å². The number of aryl methyl sites for hydroxylation is 1. The Kier molecular flexibility index (Phi) is 5.22. The number of para-hydroxylation sites is 1. The zero-order valence-corrected chi connectivity index (χ0v) is 18.7. The summed E-state index contributed by atoms with van der Waals surface area (Å²) >= 11 is 1.49. The van der Waals surface area contributed by atoms with Gasteiger partial charge in [-0.25, -0.2) is 4.79 Å². The van der Waals surface area contributed by atoms with E-state index in [1.165, 1.54) is 11.8 Å². The van der Waals surface area contributed by atoms with Crippen LogP contribution in [0.25, 0.3) is 27.5 Å². The summed E-state index contributed by atoms with van der Waals surface area (Å²) < 4.78 is 18.5. The number of ether oxygens (including phenoxy) is 2. The largest absolute Gasteiger partial charge is 0.497 e. The number of thioether (sulfide) groups is 1. The van der Waals surface area contributed by atoms with Crippen molar-refractivity contribution in [2.45, 2.75) is 24.8 Å². The fourth-order valence-corrected chi connectivity index (χ4v) is 4.84. The van der Waals surface area contributed by atoms with Crippen LogP contribution in [0.15, 0.2) is 58.1 Å². The molecule has 0 aliphatic rings. The van der Waals surface area contributed by atoms with Crippen LogP contribution in [0.1, 0.15) is 28.6 Å². The second kappa shape index (κ2) is 8.20. The first-order chi connectivity index (χ1) is 15.6. The van der Waals surface area contributed by atoms with Gasteiger partial charge in [0.05, 0.1) is 19.2 Å².